The second-order valence-corrected chi connectivity index (χ2v) is 8.22. The summed E-state index contributed by atoms with van der Waals surface area (Å²) in [6.45, 7) is 2.58. The highest BCUT2D eigenvalue weighted by Gasteiger charge is 2.13. The van der Waals surface area contributed by atoms with Crippen LogP contribution in [0, 0.1) is 11.6 Å². The Morgan fingerprint density at radius 3 is 2.53 bits per heavy atom. The highest BCUT2D eigenvalue weighted by molar-refractivity contribution is 9.10. The van der Waals surface area contributed by atoms with E-state index in [-0.39, 0.29) is 11.3 Å². The maximum atomic E-state index is 14.4. The van der Waals surface area contributed by atoms with Gasteiger partial charge in [-0.3, -0.25) is 0 Å². The van der Waals surface area contributed by atoms with Crippen LogP contribution in [-0.4, -0.2) is 11.6 Å². The van der Waals surface area contributed by atoms with Crippen LogP contribution in [-0.2, 0) is 0 Å². The van der Waals surface area contributed by atoms with E-state index in [2.05, 4.69) is 27.8 Å². The van der Waals surface area contributed by atoms with Crippen LogP contribution >= 0.6 is 15.9 Å². The van der Waals surface area contributed by atoms with Crippen molar-refractivity contribution < 1.29 is 13.5 Å². The Bertz CT molecular complexity index is 1020. The molecule has 0 atom stereocenters. The van der Waals surface area contributed by atoms with Gasteiger partial charge in [0.05, 0.1) is 17.8 Å². The van der Waals surface area contributed by atoms with Gasteiger partial charge in [0.15, 0.2) is 11.6 Å². The van der Waals surface area contributed by atoms with Crippen molar-refractivity contribution in [2.24, 2.45) is 0 Å². The molecular weight excluding hydrogens is 448 g/mol. The topological polar surface area (TPSA) is 22.1 Å². The fourth-order valence-electron chi connectivity index (χ4n) is 3.23. The third-order valence-electron chi connectivity index (χ3n) is 4.94. The highest BCUT2D eigenvalue weighted by Crippen LogP contribution is 2.25. The minimum absolute atomic E-state index is 0.0346. The second-order valence-electron chi connectivity index (χ2n) is 7.30. The largest absolute Gasteiger partial charge is 0.490 e. The Kier molecular flexibility index (Phi) is 8.38. The van der Waals surface area contributed by atoms with Crippen molar-refractivity contribution in [3.63, 3.8) is 0 Å². The minimum atomic E-state index is -0.945. The van der Waals surface area contributed by atoms with E-state index in [0.717, 1.165) is 34.6 Å². The first kappa shape index (κ1) is 22.4. The summed E-state index contributed by atoms with van der Waals surface area (Å²) in [5, 5.41) is 1.01. The van der Waals surface area contributed by atoms with Crippen molar-refractivity contribution in [3.05, 3.63) is 69.8 Å². The third-order valence-corrected chi connectivity index (χ3v) is 5.43. The van der Waals surface area contributed by atoms with Gasteiger partial charge < -0.3 is 4.74 Å². The average molecular weight is 474 g/mol. The van der Waals surface area contributed by atoms with E-state index in [9.17, 15) is 8.78 Å². The zero-order valence-electron chi connectivity index (χ0n) is 17.1. The molecule has 2 aromatic carbocycles. The summed E-state index contributed by atoms with van der Waals surface area (Å²) in [5.41, 5.74) is 1.68. The Morgan fingerprint density at radius 1 is 0.900 bits per heavy atom. The van der Waals surface area contributed by atoms with Gasteiger partial charge in [-0.25, -0.2) is 9.37 Å². The molecule has 0 N–H and O–H groups in total. The van der Waals surface area contributed by atoms with Gasteiger partial charge in [0.1, 0.15) is 0 Å². The molecule has 0 radical (unpaired) electrons. The average Bonchev–Trinajstić information content (AvgIpc) is 2.75. The number of benzene rings is 2. The number of aromatic nitrogens is 1. The summed E-state index contributed by atoms with van der Waals surface area (Å²) in [6, 6.07) is 12.6. The molecule has 0 fully saturated rings. The summed E-state index contributed by atoms with van der Waals surface area (Å²) in [7, 11) is 0. The molecule has 0 aliphatic rings. The standard InChI is InChI=1S/C25H26BrF2NO/c1-2-3-4-5-6-7-16-30-23-15-10-18(24(27)25(23)28)8-12-21-13-9-19-17-20(26)11-14-22(19)29-21/h8-15,17H,2-7,16H2,1H3/b12-8-. The maximum absolute atomic E-state index is 14.4. The van der Waals surface area contributed by atoms with Crippen LogP contribution in [0.15, 0.2) is 46.9 Å². The number of ether oxygens (including phenoxy) is 1. The molecular formula is C25H26BrF2NO. The first-order valence-corrected chi connectivity index (χ1v) is 11.2. The number of fused-ring (bicyclic) bond motifs is 1. The van der Waals surface area contributed by atoms with Crippen LogP contribution in [0.5, 0.6) is 5.75 Å². The van der Waals surface area contributed by atoms with Crippen molar-refractivity contribution in [2.45, 2.75) is 45.4 Å². The van der Waals surface area contributed by atoms with Crippen LogP contribution in [0.25, 0.3) is 23.1 Å². The lowest BCUT2D eigenvalue weighted by molar-refractivity contribution is 0.284. The predicted octanol–water partition coefficient (Wildman–Crippen LogP) is 8.19. The minimum Gasteiger partial charge on any atom is -0.490 e. The summed E-state index contributed by atoms with van der Waals surface area (Å²) in [6.07, 6.45) is 9.90. The SMILES string of the molecule is CCCCCCCCOc1ccc(/C=C\c2ccc3cc(Br)ccc3n2)c(F)c1F. The Labute approximate surface area is 185 Å². The maximum Gasteiger partial charge on any atom is 0.201 e. The molecule has 3 aromatic rings. The molecule has 1 heterocycles. The van der Waals surface area contributed by atoms with Gasteiger partial charge in [0.25, 0.3) is 0 Å². The van der Waals surface area contributed by atoms with Crippen molar-refractivity contribution in [3.8, 4) is 5.75 Å². The molecule has 0 spiro atoms. The number of rotatable bonds is 10. The molecule has 0 unspecified atom stereocenters. The molecule has 0 bridgehead atoms. The Hall–Kier alpha value is -2.27. The van der Waals surface area contributed by atoms with E-state index < -0.39 is 11.6 Å². The van der Waals surface area contributed by atoms with E-state index >= 15 is 0 Å². The van der Waals surface area contributed by atoms with Gasteiger partial charge in [-0.05, 0) is 55.0 Å². The quantitative estimate of drug-likeness (QED) is 0.277. The molecule has 30 heavy (non-hydrogen) atoms. The predicted molar refractivity (Wildman–Crippen MR) is 124 cm³/mol. The zero-order valence-corrected chi connectivity index (χ0v) is 18.7. The molecule has 2 nitrogen and oxygen atoms in total. The van der Waals surface area contributed by atoms with Crippen LogP contribution in [0.4, 0.5) is 8.78 Å². The summed E-state index contributed by atoms with van der Waals surface area (Å²) >= 11 is 3.44. The summed E-state index contributed by atoms with van der Waals surface area (Å²) in [4.78, 5) is 4.53. The van der Waals surface area contributed by atoms with Gasteiger partial charge in [-0.15, -0.1) is 0 Å². The fraction of sp³-hybridized carbons (Fsp3) is 0.320. The molecule has 1 aromatic heterocycles. The second kappa shape index (κ2) is 11.2. The van der Waals surface area contributed by atoms with E-state index in [1.54, 1.807) is 6.08 Å². The first-order chi connectivity index (χ1) is 14.6. The van der Waals surface area contributed by atoms with Crippen molar-refractivity contribution in [1.29, 1.82) is 0 Å². The molecule has 0 saturated carbocycles. The lowest BCUT2D eigenvalue weighted by Gasteiger charge is -2.09. The van der Waals surface area contributed by atoms with Crippen molar-refractivity contribution >= 4 is 39.0 Å². The third kappa shape index (κ3) is 6.11. The lowest BCUT2D eigenvalue weighted by atomic mass is 10.1. The van der Waals surface area contributed by atoms with Gasteiger partial charge in [-0.2, -0.15) is 4.39 Å². The van der Waals surface area contributed by atoms with E-state index in [4.69, 9.17) is 4.74 Å². The number of unbranched alkanes of at least 4 members (excludes halogenated alkanes) is 5. The van der Waals surface area contributed by atoms with Gasteiger partial charge >= 0.3 is 0 Å². The van der Waals surface area contributed by atoms with Crippen LogP contribution in [0.1, 0.15) is 56.7 Å². The molecule has 5 heteroatoms. The number of pyridine rings is 1. The first-order valence-electron chi connectivity index (χ1n) is 10.4. The monoisotopic (exact) mass is 473 g/mol. The summed E-state index contributed by atoms with van der Waals surface area (Å²) < 4.78 is 35.2. The number of hydrogen-bond donors (Lipinski definition) is 0. The lowest BCUT2D eigenvalue weighted by Crippen LogP contribution is -2.01. The van der Waals surface area contributed by atoms with E-state index in [0.29, 0.717) is 12.3 Å². The number of halogens is 3. The molecule has 0 aliphatic heterocycles. The van der Waals surface area contributed by atoms with Crippen LogP contribution < -0.4 is 4.74 Å². The number of hydrogen-bond acceptors (Lipinski definition) is 2. The van der Waals surface area contributed by atoms with Crippen LogP contribution in [0.2, 0.25) is 0 Å². The van der Waals surface area contributed by atoms with Gasteiger partial charge in [-0.1, -0.05) is 61.0 Å². The van der Waals surface area contributed by atoms with Crippen molar-refractivity contribution in [2.75, 3.05) is 6.61 Å². The molecule has 0 aliphatic carbocycles. The van der Waals surface area contributed by atoms with E-state index in [1.165, 1.54) is 37.5 Å². The van der Waals surface area contributed by atoms with Crippen LogP contribution in [0.3, 0.4) is 0 Å². The van der Waals surface area contributed by atoms with Gasteiger partial charge in [0, 0.05) is 15.4 Å². The van der Waals surface area contributed by atoms with Crippen molar-refractivity contribution in [1.82, 2.24) is 4.98 Å². The Morgan fingerprint density at radius 2 is 1.70 bits per heavy atom. The highest BCUT2D eigenvalue weighted by atomic mass is 79.9. The zero-order chi connectivity index (χ0) is 21.3. The normalized spacial score (nSPS) is 11.5. The molecule has 158 valence electrons. The smallest absolute Gasteiger partial charge is 0.201 e. The fourth-order valence-corrected chi connectivity index (χ4v) is 3.61. The summed E-state index contributed by atoms with van der Waals surface area (Å²) in [5.74, 6) is -1.89. The molecule has 0 saturated heterocycles. The van der Waals surface area contributed by atoms with Gasteiger partial charge in [0.2, 0.25) is 5.82 Å². The van der Waals surface area contributed by atoms with E-state index in [1.807, 2.05) is 30.3 Å². The molecule has 3 rings (SSSR count). The molecule has 0 amide bonds. The Balaban J connectivity index is 1.61. The number of nitrogens with zero attached hydrogens (tertiary/aromatic N) is 1.